The first-order valence-corrected chi connectivity index (χ1v) is 15.0. The summed E-state index contributed by atoms with van der Waals surface area (Å²) in [5.41, 5.74) is 8.78. The number of likely N-dealkylation sites (N-methyl/N-ethyl adjacent to an activating group) is 1. The van der Waals surface area contributed by atoms with Gasteiger partial charge >= 0.3 is 0 Å². The first-order valence-electron chi connectivity index (χ1n) is 13.1. The van der Waals surface area contributed by atoms with Crippen LogP contribution in [0, 0.1) is 6.92 Å². The van der Waals surface area contributed by atoms with Crippen LogP contribution in [0.25, 0.3) is 11.3 Å². The van der Waals surface area contributed by atoms with E-state index in [-0.39, 0.29) is 0 Å². The first-order chi connectivity index (χ1) is 19.3. The molecular weight excluding hydrogens is 524 g/mol. The minimum absolute atomic E-state index is 0.402. The van der Waals surface area contributed by atoms with Crippen molar-refractivity contribution in [2.45, 2.75) is 13.5 Å². The summed E-state index contributed by atoms with van der Waals surface area (Å²) >= 11 is 0. The van der Waals surface area contributed by atoms with E-state index in [2.05, 4.69) is 42.7 Å². The number of hydrogen-bond acceptors (Lipinski definition) is 9. The van der Waals surface area contributed by atoms with Gasteiger partial charge < -0.3 is 10.2 Å². The molecule has 10 nitrogen and oxygen atoms in total. The number of nitrogens with one attached hydrogen (secondary N) is 2. The molecule has 0 unspecified atom stereocenters. The molecule has 2 N–H and O–H groups in total. The highest BCUT2D eigenvalue weighted by atomic mass is 32.2. The van der Waals surface area contributed by atoms with Gasteiger partial charge in [0.15, 0.2) is 0 Å². The Bertz CT molecular complexity index is 1540. The number of sulfonamides is 1. The lowest BCUT2D eigenvalue weighted by atomic mass is 10.1. The summed E-state index contributed by atoms with van der Waals surface area (Å²) in [7, 11) is -1.50. The summed E-state index contributed by atoms with van der Waals surface area (Å²) < 4.78 is 27.5. The van der Waals surface area contributed by atoms with Crippen LogP contribution < -0.4 is 15.0 Å². The predicted molar refractivity (Wildman–Crippen MR) is 159 cm³/mol. The largest absolute Gasteiger partial charge is 0.324 e. The van der Waals surface area contributed by atoms with Crippen LogP contribution in [0.2, 0.25) is 0 Å². The molecule has 4 aromatic rings. The van der Waals surface area contributed by atoms with Crippen molar-refractivity contribution in [1.29, 1.82) is 0 Å². The van der Waals surface area contributed by atoms with Gasteiger partial charge in [0, 0.05) is 62.6 Å². The molecule has 2 aromatic carbocycles. The van der Waals surface area contributed by atoms with E-state index < -0.39 is 10.0 Å². The third kappa shape index (κ3) is 6.80. The molecule has 2 aromatic heterocycles. The van der Waals surface area contributed by atoms with Crippen molar-refractivity contribution in [2.24, 2.45) is 0 Å². The second kappa shape index (κ2) is 12.1. The smallest absolute Gasteiger partial charge is 0.236 e. The maximum Gasteiger partial charge on any atom is 0.236 e. The molecule has 1 saturated heterocycles. The lowest BCUT2D eigenvalue weighted by Gasteiger charge is -2.32. The van der Waals surface area contributed by atoms with Crippen molar-refractivity contribution in [3.05, 3.63) is 90.4 Å². The van der Waals surface area contributed by atoms with Crippen LogP contribution >= 0.6 is 0 Å². The van der Waals surface area contributed by atoms with Crippen molar-refractivity contribution in [2.75, 3.05) is 49.1 Å². The second-order valence-corrected chi connectivity index (χ2v) is 11.8. The van der Waals surface area contributed by atoms with Crippen LogP contribution in [0.15, 0.2) is 79.3 Å². The van der Waals surface area contributed by atoms with Gasteiger partial charge in [-0.3, -0.25) is 10.4 Å². The molecule has 1 aliphatic rings. The second-order valence-electron chi connectivity index (χ2n) is 9.95. The molecule has 3 heterocycles. The van der Waals surface area contributed by atoms with E-state index in [4.69, 9.17) is 0 Å². The quantitative estimate of drug-likeness (QED) is 0.316. The Balaban J connectivity index is 1.35. The predicted octanol–water partition coefficient (Wildman–Crippen LogP) is 3.94. The summed E-state index contributed by atoms with van der Waals surface area (Å²) in [6, 6.07) is 18.8. The van der Waals surface area contributed by atoms with Crippen LogP contribution in [-0.2, 0) is 16.6 Å². The molecule has 11 heteroatoms. The third-order valence-electron chi connectivity index (χ3n) is 6.81. The maximum atomic E-state index is 13.1. The highest BCUT2D eigenvalue weighted by Crippen LogP contribution is 2.34. The SMILES string of the molecule is Cc1ccc(Nc2nccc(-c3cccnc3)n2)cc1N(c1ccc(CNN2CCN(C)CC2)cc1)S(C)(=O)=O. The van der Waals surface area contributed by atoms with Gasteiger partial charge in [0.1, 0.15) is 0 Å². The minimum Gasteiger partial charge on any atom is -0.324 e. The van der Waals surface area contributed by atoms with E-state index in [1.165, 1.54) is 10.6 Å². The molecule has 0 radical (unpaired) electrons. The van der Waals surface area contributed by atoms with Gasteiger partial charge in [0.2, 0.25) is 16.0 Å². The van der Waals surface area contributed by atoms with Crippen molar-refractivity contribution in [3.63, 3.8) is 0 Å². The fraction of sp³-hybridized carbons (Fsp3) is 0.276. The number of piperazine rings is 1. The Hall–Kier alpha value is -3.90. The molecule has 5 rings (SSSR count). The average Bonchev–Trinajstić information content (AvgIpc) is 2.95. The summed E-state index contributed by atoms with van der Waals surface area (Å²) in [5, 5.41) is 5.45. The molecular formula is C29H34N8O2S. The Labute approximate surface area is 235 Å². The number of rotatable bonds is 9. The van der Waals surface area contributed by atoms with Gasteiger partial charge in [-0.05, 0) is 67.6 Å². The van der Waals surface area contributed by atoms with E-state index in [0.717, 1.165) is 48.6 Å². The van der Waals surface area contributed by atoms with Crippen LogP contribution in [0.5, 0.6) is 0 Å². The number of anilines is 4. The number of nitrogens with zero attached hydrogens (tertiary/aromatic N) is 6. The van der Waals surface area contributed by atoms with Gasteiger partial charge in [-0.1, -0.05) is 18.2 Å². The Morgan fingerprint density at radius 2 is 1.75 bits per heavy atom. The Morgan fingerprint density at radius 3 is 2.45 bits per heavy atom. The lowest BCUT2D eigenvalue weighted by molar-refractivity contribution is 0.102. The number of aryl methyl sites for hydroxylation is 1. The van der Waals surface area contributed by atoms with Gasteiger partial charge in [-0.15, -0.1) is 0 Å². The highest BCUT2D eigenvalue weighted by molar-refractivity contribution is 7.92. The van der Waals surface area contributed by atoms with Crippen molar-refractivity contribution < 1.29 is 8.42 Å². The van der Waals surface area contributed by atoms with Gasteiger partial charge in [0.05, 0.1) is 23.3 Å². The van der Waals surface area contributed by atoms with E-state index in [1.807, 2.05) is 61.5 Å². The molecule has 0 saturated carbocycles. The maximum absolute atomic E-state index is 13.1. The van der Waals surface area contributed by atoms with Crippen molar-refractivity contribution in [3.8, 4) is 11.3 Å². The average molecular weight is 559 g/mol. The fourth-order valence-electron chi connectivity index (χ4n) is 4.56. The molecule has 0 bridgehead atoms. The van der Waals surface area contributed by atoms with E-state index >= 15 is 0 Å². The van der Waals surface area contributed by atoms with E-state index in [1.54, 1.807) is 24.7 Å². The summed E-state index contributed by atoms with van der Waals surface area (Å²) in [4.78, 5) is 15.4. The summed E-state index contributed by atoms with van der Waals surface area (Å²) in [6.07, 6.45) is 6.35. The molecule has 1 aliphatic heterocycles. The topological polar surface area (TPSA) is 107 Å². The minimum atomic E-state index is -3.63. The fourth-order valence-corrected chi connectivity index (χ4v) is 5.61. The number of hydrazine groups is 1. The number of benzene rings is 2. The van der Waals surface area contributed by atoms with E-state index in [9.17, 15) is 8.42 Å². The summed E-state index contributed by atoms with van der Waals surface area (Å²) in [5.74, 6) is 0.402. The first kappa shape index (κ1) is 27.7. The molecule has 0 amide bonds. The monoisotopic (exact) mass is 558 g/mol. The number of hydrogen-bond donors (Lipinski definition) is 2. The number of aromatic nitrogens is 3. The summed E-state index contributed by atoms with van der Waals surface area (Å²) in [6.45, 7) is 6.58. The van der Waals surface area contributed by atoms with Crippen molar-refractivity contribution >= 4 is 33.0 Å². The molecule has 40 heavy (non-hydrogen) atoms. The molecule has 0 aliphatic carbocycles. The van der Waals surface area contributed by atoms with Gasteiger partial charge in [0.25, 0.3) is 0 Å². The third-order valence-corrected chi connectivity index (χ3v) is 7.88. The molecule has 0 atom stereocenters. The van der Waals surface area contributed by atoms with Gasteiger partial charge in [-0.25, -0.2) is 27.7 Å². The van der Waals surface area contributed by atoms with Crippen LogP contribution in [0.3, 0.4) is 0 Å². The number of pyridine rings is 1. The zero-order valence-electron chi connectivity index (χ0n) is 22.9. The van der Waals surface area contributed by atoms with Gasteiger partial charge in [-0.2, -0.15) is 0 Å². The van der Waals surface area contributed by atoms with Crippen LogP contribution in [0.4, 0.5) is 23.0 Å². The zero-order valence-corrected chi connectivity index (χ0v) is 23.8. The van der Waals surface area contributed by atoms with Crippen LogP contribution in [-0.4, -0.2) is 72.8 Å². The van der Waals surface area contributed by atoms with Crippen LogP contribution in [0.1, 0.15) is 11.1 Å². The van der Waals surface area contributed by atoms with E-state index in [0.29, 0.717) is 29.6 Å². The molecule has 0 spiro atoms. The lowest BCUT2D eigenvalue weighted by Crippen LogP contribution is -2.50. The van der Waals surface area contributed by atoms with Crippen molar-refractivity contribution in [1.82, 2.24) is 30.3 Å². The highest BCUT2D eigenvalue weighted by Gasteiger charge is 2.22. The normalized spacial score (nSPS) is 14.7. The standard InChI is InChI=1S/C29H34N8O2S/c1-22-6-9-25(33-29-31-14-12-27(34-29)24-5-4-13-30-21-24)19-28(22)37(40(3,38)39)26-10-7-23(8-11-26)20-32-36-17-15-35(2)16-18-36/h4-14,19,21,32H,15-18,20H2,1-3H3,(H,31,33,34). The Morgan fingerprint density at radius 1 is 0.975 bits per heavy atom. The molecule has 1 fully saturated rings. The zero-order chi connectivity index (χ0) is 28.1. The molecule has 208 valence electrons. The Kier molecular flexibility index (Phi) is 8.36.